The minimum absolute atomic E-state index is 0.00610. The molecule has 0 spiro atoms. The van der Waals surface area contributed by atoms with Crippen LogP contribution in [0.3, 0.4) is 0 Å². The molecule has 0 atom stereocenters. The fraction of sp³-hybridized carbons (Fsp3) is 0.263. The molecule has 0 aromatic heterocycles. The first kappa shape index (κ1) is 15.0. The minimum Gasteiger partial charge on any atom is -0.299 e. The molecule has 2 aromatic rings. The van der Waals surface area contributed by atoms with Crippen LogP contribution in [0.1, 0.15) is 36.3 Å². The van der Waals surface area contributed by atoms with Crippen molar-refractivity contribution in [2.45, 2.75) is 32.1 Å². The molecule has 0 unspecified atom stereocenters. The van der Waals surface area contributed by atoms with E-state index in [2.05, 4.69) is 18.2 Å². The van der Waals surface area contributed by atoms with E-state index >= 15 is 0 Å². The van der Waals surface area contributed by atoms with Crippen molar-refractivity contribution in [3.8, 4) is 11.1 Å². The van der Waals surface area contributed by atoms with Gasteiger partial charge in [-0.1, -0.05) is 47.5 Å². The Labute approximate surface area is 135 Å². The summed E-state index contributed by atoms with van der Waals surface area (Å²) in [6.07, 6.45) is 1.03. The highest BCUT2D eigenvalue weighted by Crippen LogP contribution is 2.33. The third-order valence-corrected chi connectivity index (χ3v) is 4.31. The molecule has 0 N–H and O–H groups in total. The summed E-state index contributed by atoms with van der Waals surface area (Å²) in [5, 5.41) is 0.698. The third-order valence-electron chi connectivity index (χ3n) is 4.07. The van der Waals surface area contributed by atoms with Gasteiger partial charge in [-0.2, -0.15) is 0 Å². The second kappa shape index (κ2) is 6.05. The molecule has 0 bridgehead atoms. The van der Waals surface area contributed by atoms with E-state index < -0.39 is 0 Å². The lowest BCUT2D eigenvalue weighted by molar-refractivity contribution is -0.130. The van der Waals surface area contributed by atoms with Crippen LogP contribution in [0.5, 0.6) is 0 Å². The number of benzene rings is 2. The molecule has 1 saturated carbocycles. The minimum atomic E-state index is 0.00610. The van der Waals surface area contributed by atoms with Crippen molar-refractivity contribution < 1.29 is 9.59 Å². The zero-order valence-electron chi connectivity index (χ0n) is 12.4. The number of carbonyl (C=O) groups excluding carboxylic acids is 2. The molecule has 22 heavy (non-hydrogen) atoms. The topological polar surface area (TPSA) is 34.1 Å². The van der Waals surface area contributed by atoms with E-state index in [4.69, 9.17) is 11.6 Å². The zero-order valence-corrected chi connectivity index (χ0v) is 13.2. The first-order valence-corrected chi connectivity index (χ1v) is 7.80. The van der Waals surface area contributed by atoms with Crippen LogP contribution in [0.15, 0.2) is 42.5 Å². The van der Waals surface area contributed by atoms with E-state index in [1.807, 2.05) is 31.2 Å². The van der Waals surface area contributed by atoms with E-state index in [0.29, 0.717) is 17.9 Å². The highest BCUT2D eigenvalue weighted by molar-refractivity contribution is 6.30. The lowest BCUT2D eigenvalue weighted by atomic mass is 9.81. The maximum absolute atomic E-state index is 11.7. The Kier molecular flexibility index (Phi) is 4.12. The van der Waals surface area contributed by atoms with Crippen molar-refractivity contribution in [3.05, 3.63) is 58.6 Å². The van der Waals surface area contributed by atoms with Crippen molar-refractivity contribution in [1.82, 2.24) is 0 Å². The van der Waals surface area contributed by atoms with Crippen LogP contribution in [0, 0.1) is 6.92 Å². The smallest absolute Gasteiger partial charge is 0.140 e. The molecule has 0 aliphatic heterocycles. The Hall–Kier alpha value is -1.93. The molecular weight excluding hydrogens is 296 g/mol. The fourth-order valence-corrected chi connectivity index (χ4v) is 3.30. The van der Waals surface area contributed by atoms with Gasteiger partial charge in [0, 0.05) is 17.9 Å². The number of rotatable bonds is 2. The molecule has 1 fully saturated rings. The largest absolute Gasteiger partial charge is 0.299 e. The number of hydrogen-bond acceptors (Lipinski definition) is 2. The predicted octanol–water partition coefficient (Wildman–Crippen LogP) is 4.72. The Morgan fingerprint density at radius 2 is 1.68 bits per heavy atom. The molecule has 1 aliphatic rings. The number of Topliss-reactive ketones (excluding diaryl/α,β-unsaturated/α-hetero) is 2. The van der Waals surface area contributed by atoms with E-state index in [1.54, 1.807) is 0 Å². The zero-order chi connectivity index (χ0) is 15.7. The average molecular weight is 313 g/mol. The lowest BCUT2D eigenvalue weighted by Gasteiger charge is -2.21. The first-order chi connectivity index (χ1) is 10.5. The molecule has 2 aromatic carbocycles. The van der Waals surface area contributed by atoms with Gasteiger partial charge in [0.05, 0.1) is 6.42 Å². The number of hydrogen-bond donors (Lipinski definition) is 0. The van der Waals surface area contributed by atoms with E-state index in [0.717, 1.165) is 22.3 Å². The summed E-state index contributed by atoms with van der Waals surface area (Å²) in [4.78, 5) is 23.4. The number of aryl methyl sites for hydroxylation is 1. The van der Waals surface area contributed by atoms with Crippen LogP contribution in [-0.4, -0.2) is 11.6 Å². The standard InChI is InChI=1S/C19H17ClO2/c1-12-5-14(13-3-2-4-17(20)8-13)7-15(6-12)16-9-18(21)11-19(22)10-16/h2-8,16H,9-11H2,1H3. The summed E-state index contributed by atoms with van der Waals surface area (Å²) in [5.41, 5.74) is 4.31. The SMILES string of the molecule is Cc1cc(-c2cccc(Cl)c2)cc(C2CC(=O)CC(=O)C2)c1. The van der Waals surface area contributed by atoms with Crippen molar-refractivity contribution in [2.24, 2.45) is 0 Å². The van der Waals surface area contributed by atoms with Crippen molar-refractivity contribution in [3.63, 3.8) is 0 Å². The second-order valence-corrected chi connectivity index (χ2v) is 6.44. The Bertz CT molecular complexity index is 733. The molecular formula is C19H17ClO2. The number of carbonyl (C=O) groups is 2. The normalized spacial score (nSPS) is 16.1. The Morgan fingerprint density at radius 1 is 0.955 bits per heavy atom. The van der Waals surface area contributed by atoms with Gasteiger partial charge in [0.15, 0.2) is 0 Å². The van der Waals surface area contributed by atoms with E-state index in [9.17, 15) is 9.59 Å². The van der Waals surface area contributed by atoms with Crippen LogP contribution >= 0.6 is 11.6 Å². The molecule has 0 radical (unpaired) electrons. The monoisotopic (exact) mass is 312 g/mol. The van der Waals surface area contributed by atoms with Crippen molar-refractivity contribution in [1.29, 1.82) is 0 Å². The van der Waals surface area contributed by atoms with Crippen molar-refractivity contribution >= 4 is 23.2 Å². The van der Waals surface area contributed by atoms with Gasteiger partial charge in [0.2, 0.25) is 0 Å². The summed E-state index contributed by atoms with van der Waals surface area (Å²) in [5.74, 6) is 0.103. The lowest BCUT2D eigenvalue weighted by Crippen LogP contribution is -2.21. The van der Waals surface area contributed by atoms with Gasteiger partial charge in [0.25, 0.3) is 0 Å². The van der Waals surface area contributed by atoms with Crippen LogP contribution in [-0.2, 0) is 9.59 Å². The molecule has 0 heterocycles. The van der Waals surface area contributed by atoms with Gasteiger partial charge in [-0.3, -0.25) is 9.59 Å². The van der Waals surface area contributed by atoms with Gasteiger partial charge < -0.3 is 0 Å². The maximum atomic E-state index is 11.7. The fourth-order valence-electron chi connectivity index (χ4n) is 3.10. The van der Waals surface area contributed by atoms with Crippen LogP contribution in [0.25, 0.3) is 11.1 Å². The second-order valence-electron chi connectivity index (χ2n) is 6.00. The van der Waals surface area contributed by atoms with E-state index in [-0.39, 0.29) is 23.9 Å². The highest BCUT2D eigenvalue weighted by Gasteiger charge is 2.26. The van der Waals surface area contributed by atoms with Gasteiger partial charge in [0.1, 0.15) is 11.6 Å². The molecule has 3 heteroatoms. The summed E-state index contributed by atoms with van der Waals surface area (Å²) in [6, 6.07) is 14.0. The van der Waals surface area contributed by atoms with Crippen molar-refractivity contribution in [2.75, 3.05) is 0 Å². The predicted molar refractivity (Wildman–Crippen MR) is 88.2 cm³/mol. The summed E-state index contributed by atoms with van der Waals surface area (Å²) < 4.78 is 0. The first-order valence-electron chi connectivity index (χ1n) is 7.42. The van der Waals surface area contributed by atoms with Gasteiger partial charge in [-0.15, -0.1) is 0 Å². The maximum Gasteiger partial charge on any atom is 0.140 e. The summed E-state index contributed by atoms with van der Waals surface area (Å²) in [6.45, 7) is 2.03. The van der Waals surface area contributed by atoms with Crippen LogP contribution in [0.2, 0.25) is 5.02 Å². The quantitative estimate of drug-likeness (QED) is 0.752. The van der Waals surface area contributed by atoms with Crippen LogP contribution < -0.4 is 0 Å². The summed E-state index contributed by atoms with van der Waals surface area (Å²) >= 11 is 6.07. The molecule has 2 nitrogen and oxygen atoms in total. The number of halogens is 1. The van der Waals surface area contributed by atoms with E-state index in [1.165, 1.54) is 0 Å². The summed E-state index contributed by atoms with van der Waals surface area (Å²) in [7, 11) is 0. The Balaban J connectivity index is 1.99. The van der Waals surface area contributed by atoms with Gasteiger partial charge in [-0.05, 0) is 41.7 Å². The molecule has 0 amide bonds. The van der Waals surface area contributed by atoms with Gasteiger partial charge in [-0.25, -0.2) is 0 Å². The number of ketones is 2. The molecule has 112 valence electrons. The highest BCUT2D eigenvalue weighted by atomic mass is 35.5. The van der Waals surface area contributed by atoms with Gasteiger partial charge >= 0.3 is 0 Å². The molecule has 0 saturated heterocycles. The Morgan fingerprint density at radius 3 is 2.36 bits per heavy atom. The average Bonchev–Trinajstić information content (AvgIpc) is 2.45. The molecule has 1 aliphatic carbocycles. The molecule has 3 rings (SSSR count). The third kappa shape index (κ3) is 3.28. The van der Waals surface area contributed by atoms with Crippen LogP contribution in [0.4, 0.5) is 0 Å².